The largest absolute Gasteiger partial charge is 0.385 e. The van der Waals surface area contributed by atoms with E-state index in [2.05, 4.69) is 16.1 Å². The van der Waals surface area contributed by atoms with Gasteiger partial charge in [-0.3, -0.25) is 0 Å². The van der Waals surface area contributed by atoms with Gasteiger partial charge in [0.15, 0.2) is 0 Å². The van der Waals surface area contributed by atoms with Crippen molar-refractivity contribution in [2.75, 3.05) is 19.6 Å². The van der Waals surface area contributed by atoms with Gasteiger partial charge in [0.2, 0.25) is 0 Å². The van der Waals surface area contributed by atoms with Crippen molar-refractivity contribution < 1.29 is 5.11 Å². The number of nitrogens with one attached hydrogen (secondary N) is 1. The van der Waals surface area contributed by atoms with Crippen molar-refractivity contribution in [2.24, 2.45) is 0 Å². The van der Waals surface area contributed by atoms with E-state index >= 15 is 0 Å². The molecule has 5 heteroatoms. The minimum atomic E-state index is -0.728. The highest BCUT2D eigenvalue weighted by atomic mass is 35.5. The Bertz CT molecular complexity index is 912. The fourth-order valence-electron chi connectivity index (χ4n) is 4.05. The molecule has 3 nitrogen and oxygen atoms in total. The summed E-state index contributed by atoms with van der Waals surface area (Å²) in [6.07, 6.45) is 5.74. The Balaban J connectivity index is 1.30. The molecular formula is C22H24Cl2N2O. The molecule has 1 saturated heterocycles. The van der Waals surface area contributed by atoms with Crippen LogP contribution in [0.4, 0.5) is 0 Å². The number of aryl methyl sites for hydroxylation is 1. The molecule has 4 rings (SSSR count). The molecule has 27 heavy (non-hydrogen) atoms. The monoisotopic (exact) mass is 402 g/mol. The number of aromatic nitrogens is 1. The van der Waals surface area contributed by atoms with E-state index in [0.717, 1.165) is 61.4 Å². The Morgan fingerprint density at radius 3 is 2.44 bits per heavy atom. The van der Waals surface area contributed by atoms with E-state index in [1.165, 1.54) is 10.9 Å². The lowest BCUT2D eigenvalue weighted by Crippen LogP contribution is -2.42. The maximum atomic E-state index is 11.0. The molecule has 1 aliphatic heterocycles. The van der Waals surface area contributed by atoms with Crippen LogP contribution in [-0.4, -0.2) is 34.6 Å². The molecule has 1 aliphatic rings. The minimum Gasteiger partial charge on any atom is -0.385 e. The number of halogens is 2. The van der Waals surface area contributed by atoms with Gasteiger partial charge in [0.05, 0.1) is 5.60 Å². The van der Waals surface area contributed by atoms with Crippen LogP contribution in [0, 0.1) is 0 Å². The molecule has 0 unspecified atom stereocenters. The Hall–Kier alpha value is -1.52. The highest BCUT2D eigenvalue weighted by Crippen LogP contribution is 2.33. The van der Waals surface area contributed by atoms with Crippen LogP contribution in [0.1, 0.15) is 30.4 Å². The Morgan fingerprint density at radius 1 is 1.00 bits per heavy atom. The maximum absolute atomic E-state index is 11.0. The van der Waals surface area contributed by atoms with Gasteiger partial charge in [-0.25, -0.2) is 0 Å². The quantitative estimate of drug-likeness (QED) is 0.600. The molecule has 142 valence electrons. The molecule has 2 N–H and O–H groups in total. The van der Waals surface area contributed by atoms with Gasteiger partial charge in [-0.15, -0.1) is 0 Å². The summed E-state index contributed by atoms with van der Waals surface area (Å²) >= 11 is 12.1. The molecule has 2 heterocycles. The number of hydrogen-bond acceptors (Lipinski definition) is 2. The first-order valence-corrected chi connectivity index (χ1v) is 10.3. The van der Waals surface area contributed by atoms with E-state index in [1.54, 1.807) is 0 Å². The van der Waals surface area contributed by atoms with Gasteiger partial charge in [-0.2, -0.15) is 0 Å². The first-order valence-electron chi connectivity index (χ1n) is 9.50. The smallest absolute Gasteiger partial charge is 0.0920 e. The molecule has 0 saturated carbocycles. The lowest BCUT2D eigenvalue weighted by atomic mass is 9.84. The Morgan fingerprint density at radius 2 is 1.70 bits per heavy atom. The van der Waals surface area contributed by atoms with Gasteiger partial charge in [0.25, 0.3) is 0 Å². The van der Waals surface area contributed by atoms with Crippen LogP contribution in [0.15, 0.2) is 48.7 Å². The molecular weight excluding hydrogens is 379 g/mol. The summed E-state index contributed by atoms with van der Waals surface area (Å²) < 4.78 is 0. The number of aliphatic hydroxyl groups is 1. The van der Waals surface area contributed by atoms with Crippen LogP contribution in [-0.2, 0) is 12.0 Å². The third kappa shape index (κ3) is 4.17. The van der Waals surface area contributed by atoms with Crippen molar-refractivity contribution in [3.8, 4) is 0 Å². The first kappa shape index (κ1) is 18.8. The standard InChI is InChI=1S/C22H24Cl2N2O/c23-18-5-3-17(4-6-18)22(27)9-12-26(13-10-22)11-1-2-16-15-25-21-8-7-19(24)14-20(16)21/h3-8,14-15,25,27H,1-2,9-13H2. The van der Waals surface area contributed by atoms with Crippen LogP contribution in [0.3, 0.4) is 0 Å². The van der Waals surface area contributed by atoms with Crippen molar-refractivity contribution >= 4 is 34.1 Å². The number of nitrogens with zero attached hydrogens (tertiary/aromatic N) is 1. The van der Waals surface area contributed by atoms with Crippen LogP contribution in [0.5, 0.6) is 0 Å². The molecule has 1 aromatic heterocycles. The fraction of sp³-hybridized carbons (Fsp3) is 0.364. The average molecular weight is 403 g/mol. The number of benzene rings is 2. The van der Waals surface area contributed by atoms with Crippen molar-refractivity contribution in [3.63, 3.8) is 0 Å². The van der Waals surface area contributed by atoms with Gasteiger partial charge in [-0.05, 0) is 73.7 Å². The summed E-state index contributed by atoms with van der Waals surface area (Å²) in [6, 6.07) is 13.6. The highest BCUT2D eigenvalue weighted by molar-refractivity contribution is 6.31. The normalized spacial score (nSPS) is 17.4. The molecule has 0 bridgehead atoms. The second kappa shape index (κ2) is 7.84. The summed E-state index contributed by atoms with van der Waals surface area (Å²) in [4.78, 5) is 5.77. The van der Waals surface area contributed by atoms with E-state index in [0.29, 0.717) is 5.02 Å². The zero-order valence-electron chi connectivity index (χ0n) is 15.2. The van der Waals surface area contributed by atoms with Crippen molar-refractivity contribution in [3.05, 3.63) is 69.8 Å². The van der Waals surface area contributed by atoms with Crippen molar-refractivity contribution in [1.29, 1.82) is 0 Å². The van der Waals surface area contributed by atoms with Crippen molar-refractivity contribution in [1.82, 2.24) is 9.88 Å². The number of fused-ring (bicyclic) bond motifs is 1. The molecule has 0 spiro atoms. The van der Waals surface area contributed by atoms with E-state index < -0.39 is 5.60 Å². The predicted octanol–water partition coefficient (Wildman–Crippen LogP) is 5.39. The lowest BCUT2D eigenvalue weighted by molar-refractivity contribution is -0.0259. The number of piperidine rings is 1. The summed E-state index contributed by atoms with van der Waals surface area (Å²) in [5.74, 6) is 0. The maximum Gasteiger partial charge on any atom is 0.0920 e. The fourth-order valence-corrected chi connectivity index (χ4v) is 4.34. The van der Waals surface area contributed by atoms with Gasteiger partial charge >= 0.3 is 0 Å². The van der Waals surface area contributed by atoms with Crippen LogP contribution < -0.4 is 0 Å². The third-order valence-corrected chi connectivity index (χ3v) is 6.20. The topological polar surface area (TPSA) is 39.3 Å². The number of likely N-dealkylation sites (tertiary alicyclic amines) is 1. The molecule has 0 amide bonds. The second-order valence-corrected chi connectivity index (χ2v) is 8.36. The van der Waals surface area contributed by atoms with E-state index in [-0.39, 0.29) is 0 Å². The summed E-state index contributed by atoms with van der Waals surface area (Å²) in [7, 11) is 0. The zero-order chi connectivity index (χ0) is 18.9. The Labute approximate surface area is 169 Å². The minimum absolute atomic E-state index is 0.707. The molecule has 0 atom stereocenters. The third-order valence-electron chi connectivity index (χ3n) is 5.71. The summed E-state index contributed by atoms with van der Waals surface area (Å²) in [6.45, 7) is 2.88. The van der Waals surface area contributed by atoms with E-state index in [9.17, 15) is 5.11 Å². The number of aromatic amines is 1. The molecule has 1 fully saturated rings. The lowest BCUT2D eigenvalue weighted by Gasteiger charge is -2.38. The summed E-state index contributed by atoms with van der Waals surface area (Å²) in [5, 5.41) is 13.7. The Kier molecular flexibility index (Phi) is 5.47. The number of hydrogen-bond donors (Lipinski definition) is 2. The predicted molar refractivity (Wildman–Crippen MR) is 113 cm³/mol. The summed E-state index contributed by atoms with van der Waals surface area (Å²) in [5.41, 5.74) is 2.71. The highest BCUT2D eigenvalue weighted by Gasteiger charge is 2.33. The molecule has 2 aromatic carbocycles. The van der Waals surface area contributed by atoms with Gasteiger partial charge in [-0.1, -0.05) is 35.3 Å². The van der Waals surface area contributed by atoms with Gasteiger partial charge in [0, 0.05) is 40.2 Å². The molecule has 3 aromatic rings. The number of rotatable bonds is 5. The van der Waals surface area contributed by atoms with Gasteiger partial charge in [0.1, 0.15) is 0 Å². The first-order chi connectivity index (χ1) is 13.0. The van der Waals surface area contributed by atoms with E-state index in [4.69, 9.17) is 23.2 Å². The number of H-pyrrole nitrogens is 1. The SMILES string of the molecule is OC1(c2ccc(Cl)cc2)CCN(CCCc2c[nH]c3ccc(Cl)cc23)CC1. The van der Waals surface area contributed by atoms with Crippen molar-refractivity contribution in [2.45, 2.75) is 31.3 Å². The van der Waals surface area contributed by atoms with Crippen LogP contribution in [0.25, 0.3) is 10.9 Å². The molecule has 0 radical (unpaired) electrons. The van der Waals surface area contributed by atoms with Crippen LogP contribution in [0.2, 0.25) is 10.0 Å². The van der Waals surface area contributed by atoms with Crippen LogP contribution >= 0.6 is 23.2 Å². The molecule has 0 aliphatic carbocycles. The zero-order valence-corrected chi connectivity index (χ0v) is 16.7. The van der Waals surface area contributed by atoms with Gasteiger partial charge < -0.3 is 15.0 Å². The second-order valence-electron chi connectivity index (χ2n) is 7.49. The average Bonchev–Trinajstić information content (AvgIpc) is 3.06. The van der Waals surface area contributed by atoms with E-state index in [1.807, 2.05) is 42.5 Å².